The molecule has 0 aromatic heterocycles. The lowest BCUT2D eigenvalue weighted by Crippen LogP contribution is -2.08. The van der Waals surface area contributed by atoms with E-state index in [1.807, 2.05) is 12.2 Å². The van der Waals surface area contributed by atoms with Crippen molar-refractivity contribution in [2.75, 3.05) is 39.6 Å². The monoisotopic (exact) mass is 158 g/mol. The zero-order valence-corrected chi connectivity index (χ0v) is 6.62. The first-order valence-electron chi connectivity index (χ1n) is 3.88. The topological polar surface area (TPSA) is 27.7 Å². The quantitative estimate of drug-likeness (QED) is 0.483. The third kappa shape index (κ3) is 4.95. The van der Waals surface area contributed by atoms with Crippen molar-refractivity contribution in [1.29, 1.82) is 0 Å². The fourth-order valence-corrected chi connectivity index (χ4v) is 0.777. The zero-order chi connectivity index (χ0) is 7.78. The summed E-state index contributed by atoms with van der Waals surface area (Å²) >= 11 is 0. The summed E-state index contributed by atoms with van der Waals surface area (Å²) in [6.45, 7) is 3.99. The van der Waals surface area contributed by atoms with Gasteiger partial charge < -0.3 is 14.2 Å². The average Bonchev–Trinajstić information content (AvgIpc) is 2.08. The molecule has 0 N–H and O–H groups in total. The highest BCUT2D eigenvalue weighted by molar-refractivity contribution is 4.81. The zero-order valence-electron chi connectivity index (χ0n) is 6.62. The van der Waals surface area contributed by atoms with E-state index in [4.69, 9.17) is 14.2 Å². The van der Waals surface area contributed by atoms with Gasteiger partial charge in [-0.25, -0.2) is 0 Å². The first-order chi connectivity index (χ1) is 5.50. The molecule has 0 aliphatic carbocycles. The van der Waals surface area contributed by atoms with E-state index in [9.17, 15) is 0 Å². The van der Waals surface area contributed by atoms with Crippen molar-refractivity contribution >= 4 is 0 Å². The summed E-state index contributed by atoms with van der Waals surface area (Å²) in [6, 6.07) is 0. The minimum atomic E-state index is 0.659. The Morgan fingerprint density at radius 2 is 1.09 bits per heavy atom. The fraction of sp³-hybridized carbons (Fsp3) is 0.750. The van der Waals surface area contributed by atoms with Crippen LogP contribution >= 0.6 is 0 Å². The molecule has 0 amide bonds. The predicted molar refractivity (Wildman–Crippen MR) is 41.6 cm³/mol. The van der Waals surface area contributed by atoms with Crippen LogP contribution < -0.4 is 0 Å². The van der Waals surface area contributed by atoms with Crippen molar-refractivity contribution in [3.05, 3.63) is 12.2 Å². The lowest BCUT2D eigenvalue weighted by Gasteiger charge is -2.02. The number of rotatable bonds is 0. The van der Waals surface area contributed by atoms with Crippen LogP contribution in [0.1, 0.15) is 0 Å². The normalized spacial score (nSPS) is 22.5. The second-order valence-corrected chi connectivity index (χ2v) is 2.23. The van der Waals surface area contributed by atoms with E-state index in [-0.39, 0.29) is 0 Å². The molecule has 11 heavy (non-hydrogen) atoms. The van der Waals surface area contributed by atoms with E-state index in [0.29, 0.717) is 39.6 Å². The molecule has 0 aromatic carbocycles. The summed E-state index contributed by atoms with van der Waals surface area (Å²) in [6.07, 6.45) is 3.93. The average molecular weight is 158 g/mol. The molecule has 0 radical (unpaired) electrons. The van der Waals surface area contributed by atoms with Gasteiger partial charge in [0.25, 0.3) is 0 Å². The Kier molecular flexibility index (Phi) is 5.02. The Hall–Kier alpha value is -0.380. The van der Waals surface area contributed by atoms with Crippen molar-refractivity contribution in [3.63, 3.8) is 0 Å². The molecule has 1 aliphatic heterocycles. The standard InChI is InChI=1S/C8H14O3/c1-2-4-10-6-8-11-7-5-9-3-1/h1-2H,3-8H2. The molecule has 0 atom stereocenters. The SMILES string of the molecule is C1=CCOCCOCCOC1. The van der Waals surface area contributed by atoms with Crippen LogP contribution in [0.2, 0.25) is 0 Å². The molecule has 0 bridgehead atoms. The van der Waals surface area contributed by atoms with Gasteiger partial charge in [0.15, 0.2) is 0 Å². The summed E-state index contributed by atoms with van der Waals surface area (Å²) in [7, 11) is 0. The number of ether oxygens (including phenoxy) is 3. The van der Waals surface area contributed by atoms with Crippen molar-refractivity contribution < 1.29 is 14.2 Å². The van der Waals surface area contributed by atoms with Gasteiger partial charge in [0, 0.05) is 0 Å². The molecule has 0 saturated heterocycles. The van der Waals surface area contributed by atoms with E-state index >= 15 is 0 Å². The summed E-state index contributed by atoms with van der Waals surface area (Å²) in [4.78, 5) is 0. The molecule has 64 valence electrons. The molecular weight excluding hydrogens is 144 g/mol. The molecule has 3 nitrogen and oxygen atoms in total. The van der Waals surface area contributed by atoms with Crippen LogP contribution in [0.4, 0.5) is 0 Å². The second kappa shape index (κ2) is 6.34. The highest BCUT2D eigenvalue weighted by Crippen LogP contribution is 1.85. The van der Waals surface area contributed by atoms with Crippen LogP contribution in [0.5, 0.6) is 0 Å². The van der Waals surface area contributed by atoms with Crippen LogP contribution in [-0.2, 0) is 14.2 Å². The maximum atomic E-state index is 5.20. The van der Waals surface area contributed by atoms with Crippen LogP contribution in [-0.4, -0.2) is 39.6 Å². The summed E-state index contributed by atoms with van der Waals surface area (Å²) in [5, 5.41) is 0. The van der Waals surface area contributed by atoms with Gasteiger partial charge in [-0.15, -0.1) is 0 Å². The van der Waals surface area contributed by atoms with E-state index in [0.717, 1.165) is 0 Å². The molecule has 1 aliphatic rings. The van der Waals surface area contributed by atoms with Gasteiger partial charge in [-0.2, -0.15) is 0 Å². The third-order valence-electron chi connectivity index (χ3n) is 1.34. The summed E-state index contributed by atoms with van der Waals surface area (Å²) in [5.41, 5.74) is 0. The second-order valence-electron chi connectivity index (χ2n) is 2.23. The number of hydrogen-bond donors (Lipinski definition) is 0. The fourth-order valence-electron chi connectivity index (χ4n) is 0.777. The van der Waals surface area contributed by atoms with E-state index < -0.39 is 0 Å². The van der Waals surface area contributed by atoms with Crippen molar-refractivity contribution in [2.24, 2.45) is 0 Å². The Morgan fingerprint density at radius 3 is 1.64 bits per heavy atom. The minimum Gasteiger partial charge on any atom is -0.377 e. The van der Waals surface area contributed by atoms with Crippen LogP contribution in [0.15, 0.2) is 12.2 Å². The lowest BCUT2D eigenvalue weighted by atomic mass is 10.5. The summed E-state index contributed by atoms with van der Waals surface area (Å²) in [5.74, 6) is 0. The van der Waals surface area contributed by atoms with E-state index in [1.54, 1.807) is 0 Å². The van der Waals surface area contributed by atoms with Gasteiger partial charge in [0.1, 0.15) is 0 Å². The lowest BCUT2D eigenvalue weighted by molar-refractivity contribution is 0.0283. The van der Waals surface area contributed by atoms with Crippen LogP contribution in [0.25, 0.3) is 0 Å². The Bertz CT molecular complexity index is 99.9. The molecule has 0 fully saturated rings. The molecule has 3 heteroatoms. The first kappa shape index (κ1) is 8.71. The number of hydrogen-bond acceptors (Lipinski definition) is 3. The van der Waals surface area contributed by atoms with Crippen molar-refractivity contribution in [2.45, 2.75) is 0 Å². The van der Waals surface area contributed by atoms with Gasteiger partial charge in [0.05, 0.1) is 39.6 Å². The molecule has 1 heterocycles. The molecule has 0 saturated carbocycles. The van der Waals surface area contributed by atoms with Gasteiger partial charge >= 0.3 is 0 Å². The van der Waals surface area contributed by atoms with Crippen molar-refractivity contribution in [3.8, 4) is 0 Å². The van der Waals surface area contributed by atoms with Gasteiger partial charge in [-0.3, -0.25) is 0 Å². The van der Waals surface area contributed by atoms with Gasteiger partial charge in [-0.1, -0.05) is 12.2 Å². The van der Waals surface area contributed by atoms with Crippen molar-refractivity contribution in [1.82, 2.24) is 0 Å². The highest BCUT2D eigenvalue weighted by atomic mass is 16.5. The Balaban J connectivity index is 2.11. The van der Waals surface area contributed by atoms with Gasteiger partial charge in [-0.05, 0) is 0 Å². The Labute approximate surface area is 66.9 Å². The molecule has 0 spiro atoms. The first-order valence-corrected chi connectivity index (χ1v) is 3.88. The predicted octanol–water partition coefficient (Wildman–Crippen LogP) is 0.606. The molecule has 0 aromatic rings. The van der Waals surface area contributed by atoms with E-state index in [2.05, 4.69) is 0 Å². The largest absolute Gasteiger partial charge is 0.377 e. The minimum absolute atomic E-state index is 0.659. The maximum Gasteiger partial charge on any atom is 0.0704 e. The highest BCUT2D eigenvalue weighted by Gasteiger charge is 1.90. The Morgan fingerprint density at radius 1 is 0.636 bits per heavy atom. The van der Waals surface area contributed by atoms with Gasteiger partial charge in [0.2, 0.25) is 0 Å². The van der Waals surface area contributed by atoms with E-state index in [1.165, 1.54) is 0 Å². The molecule has 0 unspecified atom stereocenters. The third-order valence-corrected chi connectivity index (χ3v) is 1.34. The molecular formula is C8H14O3. The van der Waals surface area contributed by atoms with Crippen LogP contribution in [0, 0.1) is 0 Å². The smallest absolute Gasteiger partial charge is 0.0704 e. The van der Waals surface area contributed by atoms with Crippen LogP contribution in [0.3, 0.4) is 0 Å². The summed E-state index contributed by atoms with van der Waals surface area (Å²) < 4.78 is 15.6. The molecule has 1 rings (SSSR count). The maximum absolute atomic E-state index is 5.20.